The number of imide groups is 2. The predicted octanol–water partition coefficient (Wildman–Crippen LogP) is 1.16. The van der Waals surface area contributed by atoms with Crippen LogP contribution in [0.15, 0.2) is 36.9 Å². The summed E-state index contributed by atoms with van der Waals surface area (Å²) < 4.78 is 0. The van der Waals surface area contributed by atoms with Crippen molar-refractivity contribution in [1.29, 1.82) is 0 Å². The van der Waals surface area contributed by atoms with Crippen molar-refractivity contribution in [2.45, 2.75) is 13.3 Å². The van der Waals surface area contributed by atoms with E-state index in [2.05, 4.69) is 11.9 Å². The second-order valence-electron chi connectivity index (χ2n) is 4.98. The van der Waals surface area contributed by atoms with Gasteiger partial charge in [-0.25, -0.2) is 9.69 Å². The van der Waals surface area contributed by atoms with Crippen molar-refractivity contribution in [3.8, 4) is 0 Å². The van der Waals surface area contributed by atoms with E-state index in [9.17, 15) is 19.2 Å². The minimum atomic E-state index is -1.01. The molecule has 5 amide bonds. The highest BCUT2D eigenvalue weighted by Gasteiger charge is 2.44. The number of carbonyl (C=O) groups excluding carboxylic acids is 4. The van der Waals surface area contributed by atoms with Gasteiger partial charge in [0.05, 0.1) is 0 Å². The normalized spacial score (nSPS) is 14.4. The Labute approximate surface area is 133 Å². The van der Waals surface area contributed by atoms with E-state index in [0.717, 1.165) is 16.9 Å². The molecule has 0 saturated carbocycles. The smallest absolute Gasteiger partial charge is 0.325 e. The summed E-state index contributed by atoms with van der Waals surface area (Å²) in [6.07, 6.45) is 2.15. The van der Waals surface area contributed by atoms with Gasteiger partial charge in [-0.3, -0.25) is 19.3 Å². The highest BCUT2D eigenvalue weighted by atomic mass is 16.2. The van der Waals surface area contributed by atoms with E-state index in [1.165, 1.54) is 6.08 Å². The molecule has 1 aromatic carbocycles. The van der Waals surface area contributed by atoms with Crippen LogP contribution in [0.4, 0.5) is 10.5 Å². The number of hydrogen-bond donors (Lipinski definition) is 1. The van der Waals surface area contributed by atoms with Crippen molar-refractivity contribution in [1.82, 2.24) is 9.80 Å². The lowest BCUT2D eigenvalue weighted by atomic mass is 10.1. The average Bonchev–Trinajstić information content (AvgIpc) is 2.73. The molecule has 23 heavy (non-hydrogen) atoms. The molecule has 1 saturated heterocycles. The molecule has 7 heteroatoms. The highest BCUT2D eigenvalue weighted by Crippen LogP contribution is 2.14. The third-order valence-corrected chi connectivity index (χ3v) is 3.37. The van der Waals surface area contributed by atoms with Gasteiger partial charge in [-0.2, -0.15) is 0 Å². The third kappa shape index (κ3) is 3.45. The van der Waals surface area contributed by atoms with Crippen molar-refractivity contribution in [3.05, 3.63) is 42.5 Å². The Balaban J connectivity index is 2.05. The summed E-state index contributed by atoms with van der Waals surface area (Å²) in [5.41, 5.74) is 1.62. The standard InChI is InChI=1S/C16H17N3O4/c1-3-8-18-14(21)15(22)19(16(18)23)10-13(20)17-12-7-5-6-11(4-2)9-12/h3,5-7,9H,1,4,8,10H2,2H3,(H,17,20). The number of rotatable bonds is 6. The zero-order valence-electron chi connectivity index (χ0n) is 12.7. The second kappa shape index (κ2) is 6.87. The minimum absolute atomic E-state index is 0.0694. The molecule has 0 aliphatic carbocycles. The number of nitrogens with one attached hydrogen (secondary N) is 1. The fourth-order valence-corrected chi connectivity index (χ4v) is 2.19. The first-order valence-electron chi connectivity index (χ1n) is 7.15. The van der Waals surface area contributed by atoms with Crippen LogP contribution in [0.3, 0.4) is 0 Å². The summed E-state index contributed by atoms with van der Waals surface area (Å²) >= 11 is 0. The first-order chi connectivity index (χ1) is 11.0. The summed E-state index contributed by atoms with van der Waals surface area (Å²) in [4.78, 5) is 48.9. The largest absolute Gasteiger partial charge is 0.335 e. The van der Waals surface area contributed by atoms with E-state index in [0.29, 0.717) is 10.6 Å². The molecule has 0 bridgehead atoms. The number of aryl methyl sites for hydroxylation is 1. The summed E-state index contributed by atoms with van der Waals surface area (Å²) in [5, 5.41) is 2.61. The number of anilines is 1. The maximum Gasteiger partial charge on any atom is 0.335 e. The zero-order valence-corrected chi connectivity index (χ0v) is 12.7. The van der Waals surface area contributed by atoms with Gasteiger partial charge in [-0.05, 0) is 24.1 Å². The van der Waals surface area contributed by atoms with Crippen molar-refractivity contribution >= 4 is 29.4 Å². The Bertz CT molecular complexity index is 684. The van der Waals surface area contributed by atoms with Crippen LogP contribution in [-0.2, 0) is 20.8 Å². The molecule has 0 spiro atoms. The summed E-state index contributed by atoms with van der Waals surface area (Å²) in [7, 11) is 0. The Morgan fingerprint density at radius 2 is 1.91 bits per heavy atom. The van der Waals surface area contributed by atoms with Gasteiger partial charge >= 0.3 is 17.8 Å². The second-order valence-corrected chi connectivity index (χ2v) is 4.98. The molecule has 2 rings (SSSR count). The number of nitrogens with zero attached hydrogens (tertiary/aromatic N) is 2. The van der Waals surface area contributed by atoms with Crippen LogP contribution in [-0.4, -0.2) is 46.6 Å². The first kappa shape index (κ1) is 16.4. The van der Waals surface area contributed by atoms with Crippen LogP contribution >= 0.6 is 0 Å². The Hall–Kier alpha value is -2.96. The first-order valence-corrected chi connectivity index (χ1v) is 7.15. The highest BCUT2D eigenvalue weighted by molar-refractivity contribution is 6.45. The van der Waals surface area contributed by atoms with Gasteiger partial charge in [-0.15, -0.1) is 6.58 Å². The lowest BCUT2D eigenvalue weighted by molar-refractivity contribution is -0.143. The molecule has 1 aliphatic heterocycles. The molecule has 0 aromatic heterocycles. The number of benzene rings is 1. The van der Waals surface area contributed by atoms with Gasteiger partial charge in [0.25, 0.3) is 0 Å². The number of hydrogen-bond acceptors (Lipinski definition) is 4. The van der Waals surface area contributed by atoms with Crippen LogP contribution in [0.5, 0.6) is 0 Å². The Kier molecular flexibility index (Phi) is 4.90. The zero-order chi connectivity index (χ0) is 17.0. The molecule has 1 aliphatic rings. The van der Waals surface area contributed by atoms with Crippen molar-refractivity contribution in [2.75, 3.05) is 18.4 Å². The Morgan fingerprint density at radius 1 is 1.22 bits per heavy atom. The van der Waals surface area contributed by atoms with Gasteiger partial charge in [0.2, 0.25) is 5.91 Å². The van der Waals surface area contributed by atoms with Crippen molar-refractivity contribution < 1.29 is 19.2 Å². The van der Waals surface area contributed by atoms with Crippen LogP contribution in [0.25, 0.3) is 0 Å². The molecule has 0 radical (unpaired) electrons. The van der Waals surface area contributed by atoms with Crippen LogP contribution in [0.2, 0.25) is 0 Å². The predicted molar refractivity (Wildman–Crippen MR) is 83.5 cm³/mol. The maximum absolute atomic E-state index is 12.0. The van der Waals surface area contributed by atoms with Gasteiger partial charge in [0, 0.05) is 12.2 Å². The molecule has 7 nitrogen and oxygen atoms in total. The summed E-state index contributed by atoms with van der Waals surface area (Å²) in [5.74, 6) is -2.50. The van der Waals surface area contributed by atoms with E-state index in [1.807, 2.05) is 13.0 Å². The summed E-state index contributed by atoms with van der Waals surface area (Å²) in [6, 6.07) is 6.43. The molecule has 0 unspecified atom stereocenters. The van der Waals surface area contributed by atoms with Gasteiger partial charge in [0.15, 0.2) is 0 Å². The Morgan fingerprint density at radius 3 is 2.57 bits per heavy atom. The molecule has 1 N–H and O–H groups in total. The van der Waals surface area contributed by atoms with E-state index in [-0.39, 0.29) is 6.54 Å². The van der Waals surface area contributed by atoms with Crippen LogP contribution < -0.4 is 5.32 Å². The maximum atomic E-state index is 12.0. The summed E-state index contributed by atoms with van der Waals surface area (Å²) in [6.45, 7) is 4.83. The minimum Gasteiger partial charge on any atom is -0.325 e. The molecule has 120 valence electrons. The molecular formula is C16H17N3O4. The van der Waals surface area contributed by atoms with Gasteiger partial charge in [0.1, 0.15) is 6.54 Å². The van der Waals surface area contributed by atoms with Crippen LogP contribution in [0.1, 0.15) is 12.5 Å². The van der Waals surface area contributed by atoms with Gasteiger partial charge < -0.3 is 5.32 Å². The molecular weight excluding hydrogens is 298 g/mol. The van der Waals surface area contributed by atoms with E-state index < -0.39 is 30.3 Å². The van der Waals surface area contributed by atoms with Crippen molar-refractivity contribution in [2.24, 2.45) is 0 Å². The molecule has 0 atom stereocenters. The lowest BCUT2D eigenvalue weighted by Gasteiger charge is -2.14. The van der Waals surface area contributed by atoms with Gasteiger partial charge in [-0.1, -0.05) is 25.1 Å². The fraction of sp³-hybridized carbons (Fsp3) is 0.250. The van der Waals surface area contributed by atoms with E-state index >= 15 is 0 Å². The SMILES string of the molecule is C=CCN1C(=O)C(=O)N(CC(=O)Nc2cccc(CC)c2)C1=O. The topological polar surface area (TPSA) is 86.8 Å². The lowest BCUT2D eigenvalue weighted by Crippen LogP contribution is -2.39. The quantitative estimate of drug-likeness (QED) is 0.485. The molecule has 1 aromatic rings. The number of carbonyl (C=O) groups is 4. The van der Waals surface area contributed by atoms with E-state index in [4.69, 9.17) is 0 Å². The number of urea groups is 1. The fourth-order valence-electron chi connectivity index (χ4n) is 2.19. The monoisotopic (exact) mass is 315 g/mol. The number of amides is 5. The average molecular weight is 315 g/mol. The van der Waals surface area contributed by atoms with Crippen molar-refractivity contribution in [3.63, 3.8) is 0 Å². The third-order valence-electron chi connectivity index (χ3n) is 3.37. The van der Waals surface area contributed by atoms with E-state index in [1.54, 1.807) is 18.2 Å². The van der Waals surface area contributed by atoms with Crippen LogP contribution in [0, 0.1) is 0 Å². The molecule has 1 fully saturated rings. The molecule has 1 heterocycles.